The van der Waals surface area contributed by atoms with Crippen molar-refractivity contribution < 1.29 is 13.7 Å². The highest BCUT2D eigenvalue weighted by atomic mass is 19.1. The second kappa shape index (κ2) is 7.25. The van der Waals surface area contributed by atoms with Crippen LogP contribution in [0.25, 0.3) is 11.3 Å². The molecule has 0 saturated carbocycles. The highest BCUT2D eigenvalue weighted by molar-refractivity contribution is 6.02. The maximum absolute atomic E-state index is 13.0. The van der Waals surface area contributed by atoms with Crippen molar-refractivity contribution in [3.63, 3.8) is 0 Å². The van der Waals surface area contributed by atoms with Crippen molar-refractivity contribution >= 4 is 11.6 Å². The second-order valence-corrected chi connectivity index (χ2v) is 5.94. The van der Waals surface area contributed by atoms with E-state index in [1.807, 2.05) is 30.5 Å². The average molecular weight is 362 g/mol. The van der Waals surface area contributed by atoms with Gasteiger partial charge < -0.3 is 9.84 Å². The van der Waals surface area contributed by atoms with Gasteiger partial charge in [-0.1, -0.05) is 17.3 Å². The molecule has 0 spiro atoms. The molecule has 1 N–H and O–H groups in total. The fourth-order valence-electron chi connectivity index (χ4n) is 2.66. The molecular weight excluding hydrogens is 347 g/mol. The van der Waals surface area contributed by atoms with E-state index in [1.165, 1.54) is 18.2 Å². The Morgan fingerprint density at radius 1 is 1.11 bits per heavy atom. The largest absolute Gasteiger partial charge is 0.350 e. The normalized spacial score (nSPS) is 10.7. The predicted molar refractivity (Wildman–Crippen MR) is 97.6 cm³/mol. The Kier molecular flexibility index (Phi) is 4.49. The number of nitrogens with zero attached hydrogens (tertiary/aromatic N) is 3. The fraction of sp³-hybridized carbons (Fsp3) is 0.0500. The van der Waals surface area contributed by atoms with Gasteiger partial charge in [0.1, 0.15) is 11.5 Å². The first-order valence-corrected chi connectivity index (χ1v) is 8.28. The smallest absolute Gasteiger partial charge is 0.294 e. The number of halogens is 1. The molecule has 4 aromatic rings. The van der Waals surface area contributed by atoms with Gasteiger partial charge in [0, 0.05) is 29.7 Å². The maximum Gasteiger partial charge on any atom is 0.294 e. The van der Waals surface area contributed by atoms with Crippen molar-refractivity contribution in [3.05, 3.63) is 90.2 Å². The SMILES string of the molecule is O=C(Nc1cccc(Cn2cccn2)c1)c1cc(-c2ccc(F)cc2)no1. The third kappa shape index (κ3) is 3.92. The van der Waals surface area contributed by atoms with E-state index in [4.69, 9.17) is 4.52 Å². The van der Waals surface area contributed by atoms with Gasteiger partial charge in [0.2, 0.25) is 5.76 Å². The molecule has 2 heterocycles. The van der Waals surface area contributed by atoms with Crippen LogP contribution in [0.1, 0.15) is 16.1 Å². The van der Waals surface area contributed by atoms with Gasteiger partial charge in [-0.3, -0.25) is 9.48 Å². The van der Waals surface area contributed by atoms with Crippen molar-refractivity contribution in [1.29, 1.82) is 0 Å². The van der Waals surface area contributed by atoms with Crippen LogP contribution in [0.15, 0.2) is 77.6 Å². The number of amides is 1. The van der Waals surface area contributed by atoms with Crippen molar-refractivity contribution in [3.8, 4) is 11.3 Å². The number of anilines is 1. The van der Waals surface area contributed by atoms with Crippen LogP contribution >= 0.6 is 0 Å². The van der Waals surface area contributed by atoms with Crippen LogP contribution in [0.2, 0.25) is 0 Å². The number of nitrogens with one attached hydrogen (secondary N) is 1. The van der Waals surface area contributed by atoms with Gasteiger partial charge in [0.05, 0.1) is 6.54 Å². The summed E-state index contributed by atoms with van der Waals surface area (Å²) in [6.07, 6.45) is 3.59. The molecule has 6 nitrogen and oxygen atoms in total. The summed E-state index contributed by atoms with van der Waals surface area (Å²) >= 11 is 0. The van der Waals surface area contributed by atoms with Crippen LogP contribution in [-0.2, 0) is 6.54 Å². The van der Waals surface area contributed by atoms with Crippen LogP contribution in [0.5, 0.6) is 0 Å². The zero-order valence-corrected chi connectivity index (χ0v) is 14.2. The maximum atomic E-state index is 13.0. The van der Waals surface area contributed by atoms with E-state index in [1.54, 1.807) is 29.1 Å². The van der Waals surface area contributed by atoms with E-state index in [9.17, 15) is 9.18 Å². The quantitative estimate of drug-likeness (QED) is 0.583. The number of carbonyl (C=O) groups excluding carboxylic acids is 1. The van der Waals surface area contributed by atoms with E-state index in [0.29, 0.717) is 23.5 Å². The highest BCUT2D eigenvalue weighted by Crippen LogP contribution is 2.20. The molecule has 0 unspecified atom stereocenters. The topological polar surface area (TPSA) is 73.0 Å². The summed E-state index contributed by atoms with van der Waals surface area (Å²) in [5, 5.41) is 10.8. The summed E-state index contributed by atoms with van der Waals surface area (Å²) in [6.45, 7) is 0.605. The first-order chi connectivity index (χ1) is 13.2. The number of rotatable bonds is 5. The fourth-order valence-corrected chi connectivity index (χ4v) is 2.66. The number of hydrogen-bond donors (Lipinski definition) is 1. The Labute approximate surface area is 154 Å². The van der Waals surface area contributed by atoms with Gasteiger partial charge in [0.25, 0.3) is 5.91 Å². The summed E-state index contributed by atoms with van der Waals surface area (Å²) < 4.78 is 19.9. The van der Waals surface area contributed by atoms with E-state index < -0.39 is 5.91 Å². The number of benzene rings is 2. The average Bonchev–Trinajstić information content (AvgIpc) is 3.35. The first-order valence-electron chi connectivity index (χ1n) is 8.28. The lowest BCUT2D eigenvalue weighted by Crippen LogP contribution is -2.11. The van der Waals surface area contributed by atoms with Crippen molar-refractivity contribution in [1.82, 2.24) is 14.9 Å². The van der Waals surface area contributed by atoms with Crippen LogP contribution in [0.3, 0.4) is 0 Å². The zero-order chi connectivity index (χ0) is 18.6. The van der Waals surface area contributed by atoms with Gasteiger partial charge in [-0.15, -0.1) is 0 Å². The molecule has 4 rings (SSSR count). The van der Waals surface area contributed by atoms with E-state index in [-0.39, 0.29) is 11.6 Å². The van der Waals surface area contributed by atoms with Crippen molar-refractivity contribution in [2.45, 2.75) is 6.54 Å². The molecule has 0 atom stereocenters. The molecule has 0 radical (unpaired) electrons. The standard InChI is InChI=1S/C20H15FN4O2/c21-16-7-5-15(6-8-16)18-12-19(27-24-18)20(26)23-17-4-1-3-14(11-17)13-25-10-2-9-22-25/h1-12H,13H2,(H,23,26). The molecule has 0 aliphatic heterocycles. The molecule has 0 bridgehead atoms. The molecule has 2 aromatic heterocycles. The lowest BCUT2D eigenvalue weighted by atomic mass is 10.1. The summed E-state index contributed by atoms with van der Waals surface area (Å²) in [6, 6.07) is 16.7. The molecule has 0 fully saturated rings. The van der Waals surface area contributed by atoms with Gasteiger partial charge in [0.15, 0.2) is 0 Å². The lowest BCUT2D eigenvalue weighted by molar-refractivity contribution is 0.0988. The first kappa shape index (κ1) is 16.7. The van der Waals surface area contributed by atoms with Crippen molar-refractivity contribution in [2.24, 2.45) is 0 Å². The minimum absolute atomic E-state index is 0.0757. The van der Waals surface area contributed by atoms with Crippen LogP contribution in [-0.4, -0.2) is 20.8 Å². The Hall–Kier alpha value is -3.74. The molecule has 7 heteroatoms. The molecule has 27 heavy (non-hydrogen) atoms. The Morgan fingerprint density at radius 2 is 1.96 bits per heavy atom. The number of hydrogen-bond acceptors (Lipinski definition) is 4. The number of carbonyl (C=O) groups is 1. The molecular formula is C20H15FN4O2. The summed E-state index contributed by atoms with van der Waals surface area (Å²) in [4.78, 5) is 12.4. The Morgan fingerprint density at radius 3 is 2.74 bits per heavy atom. The molecule has 0 aliphatic carbocycles. The molecule has 134 valence electrons. The number of aromatic nitrogens is 3. The summed E-state index contributed by atoms with van der Waals surface area (Å²) in [5.41, 5.74) is 2.78. The monoisotopic (exact) mass is 362 g/mol. The Balaban J connectivity index is 1.47. The zero-order valence-electron chi connectivity index (χ0n) is 14.2. The van der Waals surface area contributed by atoms with Crippen LogP contribution < -0.4 is 5.32 Å². The van der Waals surface area contributed by atoms with Crippen molar-refractivity contribution in [2.75, 3.05) is 5.32 Å². The molecule has 0 saturated heterocycles. The third-order valence-corrected chi connectivity index (χ3v) is 3.96. The van der Waals surface area contributed by atoms with Gasteiger partial charge in [-0.2, -0.15) is 5.10 Å². The summed E-state index contributed by atoms with van der Waals surface area (Å²) in [5.74, 6) is -0.672. The highest BCUT2D eigenvalue weighted by Gasteiger charge is 2.14. The van der Waals surface area contributed by atoms with Crippen LogP contribution in [0.4, 0.5) is 10.1 Å². The van der Waals surface area contributed by atoms with Gasteiger partial charge >= 0.3 is 0 Å². The minimum Gasteiger partial charge on any atom is -0.350 e. The third-order valence-electron chi connectivity index (χ3n) is 3.96. The minimum atomic E-state index is -0.410. The predicted octanol–water partition coefficient (Wildman–Crippen LogP) is 3.98. The second-order valence-electron chi connectivity index (χ2n) is 5.94. The molecule has 0 aliphatic rings. The van der Waals surface area contributed by atoms with E-state index in [2.05, 4.69) is 15.6 Å². The van der Waals surface area contributed by atoms with Gasteiger partial charge in [-0.25, -0.2) is 4.39 Å². The lowest BCUT2D eigenvalue weighted by Gasteiger charge is -2.06. The van der Waals surface area contributed by atoms with Crippen LogP contribution in [0, 0.1) is 5.82 Å². The Bertz CT molecular complexity index is 1060. The molecule has 1 amide bonds. The van der Waals surface area contributed by atoms with E-state index in [0.717, 1.165) is 5.56 Å². The molecule has 2 aromatic carbocycles. The van der Waals surface area contributed by atoms with Gasteiger partial charge in [-0.05, 0) is 48.0 Å². The van der Waals surface area contributed by atoms with E-state index >= 15 is 0 Å². The summed E-state index contributed by atoms with van der Waals surface area (Å²) in [7, 11) is 0.